The van der Waals surface area contributed by atoms with Crippen molar-refractivity contribution in [1.82, 2.24) is 10.3 Å². The Hall–Kier alpha value is -0.890. The molecule has 2 nitrogen and oxygen atoms in total. The molecule has 2 atom stereocenters. The van der Waals surface area contributed by atoms with E-state index < -0.39 is 0 Å². The van der Waals surface area contributed by atoms with Gasteiger partial charge >= 0.3 is 0 Å². The van der Waals surface area contributed by atoms with Gasteiger partial charge in [0.2, 0.25) is 0 Å². The predicted molar refractivity (Wildman–Crippen MR) is 67.5 cm³/mol. The average Bonchev–Trinajstić information content (AvgIpc) is 3.03. The van der Waals surface area contributed by atoms with Crippen molar-refractivity contribution < 1.29 is 0 Å². The van der Waals surface area contributed by atoms with E-state index in [-0.39, 0.29) is 0 Å². The summed E-state index contributed by atoms with van der Waals surface area (Å²) in [6.07, 6.45) is 6.48. The lowest BCUT2D eigenvalue weighted by Gasteiger charge is -2.20. The van der Waals surface area contributed by atoms with E-state index in [0.717, 1.165) is 12.5 Å². The molecule has 0 spiro atoms. The van der Waals surface area contributed by atoms with Gasteiger partial charge in [0.05, 0.1) is 0 Å². The maximum atomic E-state index is 4.26. The first-order valence-electron chi connectivity index (χ1n) is 6.33. The highest BCUT2D eigenvalue weighted by molar-refractivity contribution is 5.32. The maximum absolute atomic E-state index is 4.26. The summed E-state index contributed by atoms with van der Waals surface area (Å²) in [5, 5.41) is 3.58. The number of pyridine rings is 1. The van der Waals surface area contributed by atoms with Gasteiger partial charge in [0.1, 0.15) is 0 Å². The van der Waals surface area contributed by atoms with E-state index in [1.807, 2.05) is 12.4 Å². The highest BCUT2D eigenvalue weighted by Crippen LogP contribution is 2.55. The molecule has 0 amide bonds. The van der Waals surface area contributed by atoms with Crippen molar-refractivity contribution in [2.75, 3.05) is 6.54 Å². The molecule has 1 N–H and O–H groups in total. The second-order valence-electron chi connectivity index (χ2n) is 5.24. The third kappa shape index (κ3) is 2.12. The van der Waals surface area contributed by atoms with Gasteiger partial charge in [-0.05, 0) is 24.0 Å². The Labute approximate surface area is 98.5 Å². The van der Waals surface area contributed by atoms with Crippen LogP contribution in [0.3, 0.4) is 0 Å². The van der Waals surface area contributed by atoms with E-state index in [1.54, 1.807) is 0 Å². The lowest BCUT2D eigenvalue weighted by molar-refractivity contribution is 0.486. The molecule has 2 unspecified atom stereocenters. The highest BCUT2D eigenvalue weighted by Gasteiger charge is 2.53. The zero-order valence-corrected chi connectivity index (χ0v) is 10.5. The summed E-state index contributed by atoms with van der Waals surface area (Å²) in [7, 11) is 0. The third-order valence-electron chi connectivity index (χ3n) is 3.79. The molecule has 1 aromatic rings. The largest absolute Gasteiger partial charge is 0.314 e. The second-order valence-corrected chi connectivity index (χ2v) is 5.24. The van der Waals surface area contributed by atoms with Gasteiger partial charge in [-0.3, -0.25) is 4.98 Å². The summed E-state index contributed by atoms with van der Waals surface area (Å²) < 4.78 is 0. The van der Waals surface area contributed by atoms with Crippen LogP contribution in [0.25, 0.3) is 0 Å². The molecule has 1 aromatic heterocycles. The Morgan fingerprint density at radius 1 is 1.56 bits per heavy atom. The first kappa shape index (κ1) is 11.6. The first-order chi connectivity index (χ1) is 7.69. The molecule has 1 fully saturated rings. The van der Waals surface area contributed by atoms with E-state index in [0.29, 0.717) is 11.5 Å². The lowest BCUT2D eigenvalue weighted by Crippen LogP contribution is -2.33. The molecule has 0 aliphatic heterocycles. The van der Waals surface area contributed by atoms with Crippen LogP contribution >= 0.6 is 0 Å². The Balaban J connectivity index is 2.12. The molecule has 0 aromatic carbocycles. The van der Waals surface area contributed by atoms with Gasteiger partial charge in [-0.2, -0.15) is 0 Å². The predicted octanol–water partition coefficient (Wildman–Crippen LogP) is 2.75. The number of nitrogens with zero attached hydrogens (tertiary/aromatic N) is 1. The minimum Gasteiger partial charge on any atom is -0.314 e. The SMILES string of the molecule is CCC1CC1(CNC(C)C)c1cccnc1. The summed E-state index contributed by atoms with van der Waals surface area (Å²) in [5.74, 6) is 0.836. The van der Waals surface area contributed by atoms with Gasteiger partial charge in [-0.1, -0.05) is 33.3 Å². The molecular weight excluding hydrogens is 196 g/mol. The Morgan fingerprint density at radius 2 is 2.38 bits per heavy atom. The smallest absolute Gasteiger partial charge is 0.0306 e. The fourth-order valence-corrected chi connectivity index (χ4v) is 2.63. The Morgan fingerprint density at radius 3 is 2.88 bits per heavy atom. The van der Waals surface area contributed by atoms with Crippen molar-refractivity contribution in [3.8, 4) is 0 Å². The number of nitrogens with one attached hydrogen (secondary N) is 1. The summed E-state index contributed by atoms with van der Waals surface area (Å²) in [5.41, 5.74) is 1.78. The van der Waals surface area contributed by atoms with Crippen molar-refractivity contribution in [1.29, 1.82) is 0 Å². The van der Waals surface area contributed by atoms with Gasteiger partial charge in [-0.15, -0.1) is 0 Å². The van der Waals surface area contributed by atoms with Crippen LogP contribution in [0.5, 0.6) is 0 Å². The molecule has 1 heterocycles. The number of hydrogen-bond donors (Lipinski definition) is 1. The molecular formula is C14H22N2. The summed E-state index contributed by atoms with van der Waals surface area (Å²) in [6.45, 7) is 7.80. The van der Waals surface area contributed by atoms with Gasteiger partial charge in [0.15, 0.2) is 0 Å². The van der Waals surface area contributed by atoms with E-state index in [2.05, 4.69) is 43.2 Å². The average molecular weight is 218 g/mol. The molecule has 88 valence electrons. The number of rotatable bonds is 5. The van der Waals surface area contributed by atoms with Crippen LogP contribution in [0.4, 0.5) is 0 Å². The fraction of sp³-hybridized carbons (Fsp3) is 0.643. The van der Waals surface area contributed by atoms with Gasteiger partial charge in [-0.25, -0.2) is 0 Å². The van der Waals surface area contributed by atoms with Gasteiger partial charge < -0.3 is 5.32 Å². The summed E-state index contributed by atoms with van der Waals surface area (Å²) in [6, 6.07) is 4.84. The van der Waals surface area contributed by atoms with E-state index in [1.165, 1.54) is 18.4 Å². The van der Waals surface area contributed by atoms with Crippen LogP contribution in [0.15, 0.2) is 24.5 Å². The van der Waals surface area contributed by atoms with Crippen LogP contribution in [0.1, 0.15) is 39.2 Å². The molecule has 0 radical (unpaired) electrons. The first-order valence-corrected chi connectivity index (χ1v) is 6.33. The minimum absolute atomic E-state index is 0.368. The van der Waals surface area contributed by atoms with Crippen molar-refractivity contribution in [3.63, 3.8) is 0 Å². The van der Waals surface area contributed by atoms with Crippen molar-refractivity contribution >= 4 is 0 Å². The molecule has 1 saturated carbocycles. The van der Waals surface area contributed by atoms with Crippen LogP contribution in [-0.4, -0.2) is 17.6 Å². The normalized spacial score (nSPS) is 28.4. The fourth-order valence-electron chi connectivity index (χ4n) is 2.63. The van der Waals surface area contributed by atoms with Crippen molar-refractivity contribution in [2.24, 2.45) is 5.92 Å². The molecule has 1 aliphatic carbocycles. The zero-order chi connectivity index (χ0) is 11.6. The molecule has 16 heavy (non-hydrogen) atoms. The van der Waals surface area contributed by atoms with E-state index >= 15 is 0 Å². The summed E-state index contributed by atoms with van der Waals surface area (Å²) in [4.78, 5) is 4.26. The molecule has 0 bridgehead atoms. The molecule has 0 saturated heterocycles. The lowest BCUT2D eigenvalue weighted by atomic mass is 9.93. The maximum Gasteiger partial charge on any atom is 0.0306 e. The van der Waals surface area contributed by atoms with Crippen LogP contribution in [0, 0.1) is 5.92 Å². The second kappa shape index (κ2) is 4.54. The van der Waals surface area contributed by atoms with E-state index in [4.69, 9.17) is 0 Å². The van der Waals surface area contributed by atoms with Crippen molar-refractivity contribution in [2.45, 2.75) is 45.1 Å². The summed E-state index contributed by atoms with van der Waals surface area (Å²) >= 11 is 0. The van der Waals surface area contributed by atoms with E-state index in [9.17, 15) is 0 Å². The Kier molecular flexibility index (Phi) is 3.29. The number of hydrogen-bond acceptors (Lipinski definition) is 2. The molecule has 2 rings (SSSR count). The molecule has 2 heteroatoms. The monoisotopic (exact) mass is 218 g/mol. The van der Waals surface area contributed by atoms with Crippen LogP contribution in [0.2, 0.25) is 0 Å². The van der Waals surface area contributed by atoms with Crippen LogP contribution < -0.4 is 5.32 Å². The molecule has 1 aliphatic rings. The van der Waals surface area contributed by atoms with Crippen LogP contribution in [-0.2, 0) is 5.41 Å². The quantitative estimate of drug-likeness (QED) is 0.822. The number of aromatic nitrogens is 1. The van der Waals surface area contributed by atoms with Gasteiger partial charge in [0, 0.05) is 30.4 Å². The van der Waals surface area contributed by atoms with Gasteiger partial charge in [0.25, 0.3) is 0 Å². The topological polar surface area (TPSA) is 24.9 Å². The highest BCUT2D eigenvalue weighted by atomic mass is 14.9. The standard InChI is InChI=1S/C14H22N2/c1-4-12-8-14(12,10-16-11(2)3)13-6-5-7-15-9-13/h5-7,9,11-12,16H,4,8,10H2,1-3H3. The third-order valence-corrected chi connectivity index (χ3v) is 3.79. The minimum atomic E-state index is 0.368. The zero-order valence-electron chi connectivity index (χ0n) is 10.5. The Bertz CT molecular complexity index is 334. The van der Waals surface area contributed by atoms with Crippen molar-refractivity contribution in [3.05, 3.63) is 30.1 Å².